The van der Waals surface area contributed by atoms with Crippen LogP contribution in [0, 0.1) is 0 Å². The van der Waals surface area contributed by atoms with Gasteiger partial charge in [-0.2, -0.15) is 24.9 Å². The van der Waals surface area contributed by atoms with Crippen LogP contribution in [0.1, 0.15) is 48.3 Å². The van der Waals surface area contributed by atoms with Crippen LogP contribution in [0.3, 0.4) is 0 Å². The van der Waals surface area contributed by atoms with Gasteiger partial charge in [0.05, 0.1) is 25.4 Å². The number of halogens is 3. The average Bonchev–Trinajstić information content (AvgIpc) is 3.42. The summed E-state index contributed by atoms with van der Waals surface area (Å²) in [6.45, 7) is -0.145. The third-order valence-corrected chi connectivity index (χ3v) is 7.72. The molecule has 212 valence electrons. The number of aliphatic hydroxyl groups is 2. The van der Waals surface area contributed by atoms with E-state index < -0.39 is 30.3 Å². The Morgan fingerprint density at radius 2 is 1.85 bits per heavy atom. The van der Waals surface area contributed by atoms with Gasteiger partial charge in [-0.1, -0.05) is 36.4 Å². The molecule has 2 aliphatic heterocycles. The topological polar surface area (TPSA) is 108 Å². The van der Waals surface area contributed by atoms with Crippen molar-refractivity contribution in [2.45, 2.75) is 56.6 Å². The lowest BCUT2D eigenvalue weighted by Crippen LogP contribution is -2.48. The molecule has 12 heteroatoms. The van der Waals surface area contributed by atoms with Gasteiger partial charge in [-0.15, -0.1) is 0 Å². The van der Waals surface area contributed by atoms with Gasteiger partial charge in [0.2, 0.25) is 5.91 Å². The molecule has 2 heterocycles. The highest BCUT2D eigenvalue weighted by molar-refractivity contribution is 7.99. The van der Waals surface area contributed by atoms with Crippen molar-refractivity contribution in [1.29, 1.82) is 0 Å². The van der Waals surface area contributed by atoms with Crippen LogP contribution in [-0.4, -0.2) is 69.9 Å². The number of hydrogen-bond donors (Lipinski definition) is 3. The molecule has 2 aromatic carbocycles. The van der Waals surface area contributed by atoms with E-state index in [0.717, 1.165) is 11.1 Å². The number of amides is 2. The molecule has 0 aliphatic carbocycles. The maximum atomic E-state index is 13.0. The summed E-state index contributed by atoms with van der Waals surface area (Å²) in [7, 11) is 0. The number of thioether (sulfide) groups is 1. The van der Waals surface area contributed by atoms with Crippen LogP contribution in [0.15, 0.2) is 48.5 Å². The number of nitrogens with one attached hydrogen (secondary N) is 1. The van der Waals surface area contributed by atoms with Crippen molar-refractivity contribution in [3.8, 4) is 0 Å². The molecule has 4 atom stereocenters. The number of aliphatic hydroxyl groups excluding tert-OH is 2. The molecule has 0 saturated carbocycles. The van der Waals surface area contributed by atoms with Gasteiger partial charge in [0.15, 0.2) is 6.29 Å². The molecule has 8 nitrogen and oxygen atoms in total. The number of hydrogen-bond acceptors (Lipinski definition) is 7. The van der Waals surface area contributed by atoms with E-state index in [2.05, 4.69) is 5.32 Å². The lowest BCUT2D eigenvalue weighted by Gasteiger charge is -2.36. The van der Waals surface area contributed by atoms with E-state index in [1.54, 1.807) is 36.0 Å². The number of nitrogens with zero attached hydrogens (tertiary/aromatic N) is 1. The van der Waals surface area contributed by atoms with Gasteiger partial charge < -0.3 is 29.9 Å². The minimum atomic E-state index is -5.04. The molecule has 39 heavy (non-hydrogen) atoms. The van der Waals surface area contributed by atoms with Gasteiger partial charge in [-0.25, -0.2) is 0 Å². The number of alkyl halides is 3. The van der Waals surface area contributed by atoms with E-state index in [1.165, 1.54) is 0 Å². The molecular formula is C27H31F3N2O6S. The number of anilines is 1. The highest BCUT2D eigenvalue weighted by Gasteiger charge is 2.47. The van der Waals surface area contributed by atoms with Crippen LogP contribution in [0.4, 0.5) is 18.9 Å². The second-order valence-corrected chi connectivity index (χ2v) is 10.6. The van der Waals surface area contributed by atoms with Crippen LogP contribution in [0.2, 0.25) is 0 Å². The Labute approximate surface area is 228 Å². The third kappa shape index (κ3) is 7.52. The van der Waals surface area contributed by atoms with Crippen LogP contribution in [-0.2, 0) is 25.7 Å². The van der Waals surface area contributed by atoms with Crippen LogP contribution in [0.5, 0.6) is 0 Å². The molecule has 2 amide bonds. The molecule has 4 rings (SSSR count). The van der Waals surface area contributed by atoms with Crippen molar-refractivity contribution < 1.29 is 42.4 Å². The molecule has 0 bridgehead atoms. The van der Waals surface area contributed by atoms with Gasteiger partial charge >= 0.3 is 12.1 Å². The van der Waals surface area contributed by atoms with E-state index in [1.807, 2.05) is 24.3 Å². The first kappa shape index (κ1) is 29.3. The van der Waals surface area contributed by atoms with Crippen molar-refractivity contribution in [1.82, 2.24) is 4.90 Å². The number of carbonyl (C=O) groups excluding carboxylic acids is 2. The van der Waals surface area contributed by atoms with Crippen LogP contribution < -0.4 is 5.32 Å². The number of ether oxygens (including phenoxy) is 2. The summed E-state index contributed by atoms with van der Waals surface area (Å²) in [5.74, 6) is -1.50. The molecule has 0 aromatic heterocycles. The smallest absolute Gasteiger partial charge is 0.396 e. The summed E-state index contributed by atoms with van der Waals surface area (Å²) in [4.78, 5) is 25.2. The molecule has 2 fully saturated rings. The summed E-state index contributed by atoms with van der Waals surface area (Å²) in [6.07, 6.45) is -5.30. The summed E-state index contributed by atoms with van der Waals surface area (Å²) in [5.41, 5.74) is 2.64. The lowest BCUT2D eigenvalue weighted by molar-refractivity contribution is -0.245. The number of benzene rings is 2. The Kier molecular flexibility index (Phi) is 9.89. The van der Waals surface area contributed by atoms with E-state index in [-0.39, 0.29) is 38.4 Å². The zero-order valence-electron chi connectivity index (χ0n) is 21.1. The fourth-order valence-corrected chi connectivity index (χ4v) is 5.51. The molecular weight excluding hydrogens is 537 g/mol. The average molecular weight is 569 g/mol. The molecule has 3 N–H and O–H groups in total. The van der Waals surface area contributed by atoms with Gasteiger partial charge in [-0.3, -0.25) is 9.59 Å². The van der Waals surface area contributed by atoms with Gasteiger partial charge in [0.25, 0.3) is 0 Å². The minimum Gasteiger partial charge on any atom is -0.396 e. The first-order valence-electron chi connectivity index (χ1n) is 12.7. The van der Waals surface area contributed by atoms with E-state index >= 15 is 0 Å². The maximum absolute atomic E-state index is 13.0. The Balaban J connectivity index is 1.49. The molecule has 2 aliphatic rings. The predicted molar refractivity (Wildman–Crippen MR) is 139 cm³/mol. The highest BCUT2D eigenvalue weighted by Crippen LogP contribution is 2.39. The largest absolute Gasteiger partial charge is 0.471 e. The van der Waals surface area contributed by atoms with Crippen molar-refractivity contribution >= 4 is 29.3 Å². The molecule has 4 unspecified atom stereocenters. The van der Waals surface area contributed by atoms with Gasteiger partial charge in [0.1, 0.15) is 6.04 Å². The predicted octanol–water partition coefficient (Wildman–Crippen LogP) is 3.94. The summed E-state index contributed by atoms with van der Waals surface area (Å²) < 4.78 is 51.4. The first-order chi connectivity index (χ1) is 18.7. The molecule has 0 radical (unpaired) electrons. The van der Waals surface area contributed by atoms with Crippen molar-refractivity contribution in [3.05, 3.63) is 65.2 Å². The second kappa shape index (κ2) is 13.1. The fraction of sp³-hybridized carbons (Fsp3) is 0.481. The number of likely N-dealkylation sites (tertiary alicyclic amines) is 1. The van der Waals surface area contributed by atoms with E-state index in [4.69, 9.17) is 14.6 Å². The first-order valence-corrected chi connectivity index (χ1v) is 13.8. The molecule has 2 aromatic rings. The third-order valence-electron chi connectivity index (χ3n) is 6.64. The van der Waals surface area contributed by atoms with Crippen molar-refractivity contribution in [2.24, 2.45) is 0 Å². The maximum Gasteiger partial charge on any atom is 0.471 e. The number of rotatable bonds is 9. The molecule has 2 saturated heterocycles. The summed E-state index contributed by atoms with van der Waals surface area (Å²) >= 11 is 1.56. The van der Waals surface area contributed by atoms with Crippen LogP contribution >= 0.6 is 11.8 Å². The Morgan fingerprint density at radius 1 is 1.08 bits per heavy atom. The molecule has 0 spiro atoms. The Hall–Kier alpha value is -2.64. The van der Waals surface area contributed by atoms with E-state index in [9.17, 15) is 27.9 Å². The zero-order valence-corrected chi connectivity index (χ0v) is 21.9. The van der Waals surface area contributed by atoms with E-state index in [0.29, 0.717) is 40.5 Å². The highest BCUT2D eigenvalue weighted by atomic mass is 32.2. The van der Waals surface area contributed by atoms with Gasteiger partial charge in [0, 0.05) is 35.7 Å². The SMILES string of the molecule is O=C(Nc1cccc(C2OC(CSCCO)CC(c3ccc(CO)cc3)O2)c1)C1CCCN1C(=O)C(F)(F)F. The minimum absolute atomic E-state index is 0.0537. The van der Waals surface area contributed by atoms with Crippen molar-refractivity contribution in [3.63, 3.8) is 0 Å². The summed E-state index contributed by atoms with van der Waals surface area (Å²) in [5, 5.41) is 21.1. The van der Waals surface area contributed by atoms with Gasteiger partial charge in [-0.05, 0) is 36.1 Å². The lowest BCUT2D eigenvalue weighted by atomic mass is 10.0. The quantitative estimate of drug-likeness (QED) is 0.394. The standard InChI is InChI=1S/C27H31F3N2O6S/c28-27(29,30)26(36)32-10-2-5-22(32)24(35)31-20-4-1-3-19(13-20)25-37-21(16-39-12-11-33)14-23(38-25)18-8-6-17(15-34)7-9-18/h1,3-4,6-9,13,21-23,25,33-34H,2,5,10-12,14-16H2,(H,31,35). The Bertz CT molecular complexity index is 1130. The normalized spacial score (nSPS) is 23.6. The summed E-state index contributed by atoms with van der Waals surface area (Å²) in [6, 6.07) is 12.9. The monoisotopic (exact) mass is 568 g/mol. The number of carbonyl (C=O) groups is 2. The zero-order chi connectivity index (χ0) is 28.0. The van der Waals surface area contributed by atoms with Crippen LogP contribution in [0.25, 0.3) is 0 Å². The van der Waals surface area contributed by atoms with Crippen molar-refractivity contribution in [2.75, 3.05) is 30.0 Å². The second-order valence-electron chi connectivity index (χ2n) is 9.42. The Morgan fingerprint density at radius 3 is 2.54 bits per heavy atom. The fourth-order valence-electron chi connectivity index (χ4n) is 4.74.